The van der Waals surface area contributed by atoms with Gasteiger partial charge < -0.3 is 15.5 Å². The number of rotatable bonds is 5. The van der Waals surface area contributed by atoms with E-state index in [9.17, 15) is 31.4 Å². The lowest BCUT2D eigenvalue weighted by Gasteiger charge is -2.12. The minimum absolute atomic E-state index is 0.266. The zero-order valence-corrected chi connectivity index (χ0v) is 18.8. The molecule has 4 aromatic rings. The first kappa shape index (κ1) is 26.9. The highest BCUT2D eigenvalue weighted by Gasteiger charge is 2.38. The van der Waals surface area contributed by atoms with Crippen LogP contribution in [0.15, 0.2) is 67.0 Å². The maximum atomic E-state index is 12.9. The molecule has 4 rings (SSSR count). The number of thiophene rings is 1. The summed E-state index contributed by atoms with van der Waals surface area (Å²) in [6.07, 6.45) is -8.76. The fourth-order valence-corrected chi connectivity index (χ4v) is 3.99. The molecule has 2 heterocycles. The van der Waals surface area contributed by atoms with Crippen molar-refractivity contribution in [2.75, 3.05) is 11.9 Å². The largest absolute Gasteiger partial charge is 0.490 e. The molecule has 0 saturated heterocycles. The number of halogens is 6. The molecule has 0 radical (unpaired) electrons. The van der Waals surface area contributed by atoms with Gasteiger partial charge in [-0.05, 0) is 29.1 Å². The van der Waals surface area contributed by atoms with Gasteiger partial charge in [-0.25, -0.2) is 14.8 Å². The highest BCUT2D eigenvalue weighted by Crippen LogP contribution is 2.37. The van der Waals surface area contributed by atoms with Crippen molar-refractivity contribution in [3.05, 3.63) is 78.1 Å². The quantitative estimate of drug-likeness (QED) is 0.268. The normalized spacial score (nSPS) is 12.5. The van der Waals surface area contributed by atoms with E-state index in [0.717, 1.165) is 28.0 Å². The van der Waals surface area contributed by atoms with Gasteiger partial charge >= 0.3 is 18.3 Å². The number of carbonyl (C=O) groups is 1. The molecule has 0 bridgehead atoms. The van der Waals surface area contributed by atoms with Gasteiger partial charge in [-0.2, -0.15) is 26.3 Å². The molecule has 0 aliphatic heterocycles. The Morgan fingerprint density at radius 3 is 2.25 bits per heavy atom. The number of aliphatic carboxylic acids is 1. The fraction of sp³-hybridized carbons (Fsp3) is 0.174. The van der Waals surface area contributed by atoms with E-state index in [1.54, 1.807) is 6.07 Å². The lowest BCUT2D eigenvalue weighted by atomic mass is 10.1. The van der Waals surface area contributed by atoms with Crippen LogP contribution in [0.2, 0.25) is 0 Å². The molecular weight excluding hydrogens is 512 g/mol. The van der Waals surface area contributed by atoms with E-state index in [4.69, 9.17) is 9.90 Å². The number of aliphatic hydroxyl groups excluding tert-OH is 1. The van der Waals surface area contributed by atoms with Gasteiger partial charge in [0, 0.05) is 17.3 Å². The molecule has 6 nitrogen and oxygen atoms in total. The number of alkyl halides is 6. The fourth-order valence-electron chi connectivity index (χ4n) is 2.92. The first-order valence-electron chi connectivity index (χ1n) is 10.0. The Labute approximate surface area is 203 Å². The number of anilines is 1. The van der Waals surface area contributed by atoms with E-state index in [-0.39, 0.29) is 6.54 Å². The van der Waals surface area contributed by atoms with Gasteiger partial charge in [-0.15, -0.1) is 11.3 Å². The Bertz CT molecular complexity index is 1330. The summed E-state index contributed by atoms with van der Waals surface area (Å²) in [5.74, 6) is -2.23. The second-order valence-electron chi connectivity index (χ2n) is 7.26. The van der Waals surface area contributed by atoms with Crippen LogP contribution in [0, 0.1) is 0 Å². The van der Waals surface area contributed by atoms with E-state index in [0.29, 0.717) is 16.2 Å². The Kier molecular flexibility index (Phi) is 8.15. The summed E-state index contributed by atoms with van der Waals surface area (Å²) in [4.78, 5) is 18.0. The molecule has 0 fully saturated rings. The minimum Gasteiger partial charge on any atom is -0.475 e. The summed E-state index contributed by atoms with van der Waals surface area (Å²) >= 11 is 1.24. The third kappa shape index (κ3) is 7.15. The Balaban J connectivity index is 0.000000454. The number of hydrogen-bond donors (Lipinski definition) is 3. The van der Waals surface area contributed by atoms with Gasteiger partial charge in [-0.3, -0.25) is 0 Å². The van der Waals surface area contributed by atoms with Crippen LogP contribution in [-0.4, -0.2) is 38.9 Å². The smallest absolute Gasteiger partial charge is 0.475 e. The number of nitrogens with one attached hydrogen (secondary N) is 1. The van der Waals surface area contributed by atoms with Crippen molar-refractivity contribution in [1.82, 2.24) is 9.97 Å². The summed E-state index contributed by atoms with van der Waals surface area (Å²) in [7, 11) is 0. The molecule has 36 heavy (non-hydrogen) atoms. The highest BCUT2D eigenvalue weighted by molar-refractivity contribution is 7.22. The zero-order chi connectivity index (χ0) is 26.5. The van der Waals surface area contributed by atoms with Crippen LogP contribution in [-0.2, 0) is 11.0 Å². The molecule has 0 aliphatic carbocycles. The van der Waals surface area contributed by atoms with Crippen molar-refractivity contribution in [1.29, 1.82) is 0 Å². The Morgan fingerprint density at radius 1 is 0.972 bits per heavy atom. The number of benzene rings is 2. The standard InChI is InChI=1S/C21H16F3N3OS.C2HF3O2/c22-21(23,24)15-7-6-14-8-19(29-18(14)9-15)16-10-20(27-12-26-16)25-11-17(28)13-4-2-1-3-5-13;3-2(4,5)1(6)7/h1-10,12,17,28H,11H2,(H,25,26,27);(H,6,7)/t17-;/m0./s1. The van der Waals surface area contributed by atoms with Crippen molar-refractivity contribution >= 4 is 33.2 Å². The van der Waals surface area contributed by atoms with E-state index in [2.05, 4.69) is 15.3 Å². The first-order chi connectivity index (χ1) is 16.8. The van der Waals surface area contributed by atoms with Crippen LogP contribution in [0.25, 0.3) is 20.7 Å². The van der Waals surface area contributed by atoms with E-state index in [1.165, 1.54) is 23.7 Å². The zero-order valence-electron chi connectivity index (χ0n) is 18.0. The Hall–Kier alpha value is -3.71. The molecule has 13 heteroatoms. The van der Waals surface area contributed by atoms with Crippen LogP contribution in [0.4, 0.5) is 32.2 Å². The average Bonchev–Trinajstić information content (AvgIpc) is 3.26. The number of carboxylic acid groups (broad SMARTS) is 1. The summed E-state index contributed by atoms with van der Waals surface area (Å²) in [6.45, 7) is 0.266. The van der Waals surface area contributed by atoms with Gasteiger partial charge in [0.05, 0.1) is 22.2 Å². The minimum atomic E-state index is -5.08. The summed E-state index contributed by atoms with van der Waals surface area (Å²) in [6, 6.07) is 16.5. The number of fused-ring (bicyclic) bond motifs is 1. The van der Waals surface area contributed by atoms with Gasteiger partial charge in [-0.1, -0.05) is 36.4 Å². The van der Waals surface area contributed by atoms with Crippen molar-refractivity contribution in [2.45, 2.75) is 18.5 Å². The van der Waals surface area contributed by atoms with Gasteiger partial charge in [0.15, 0.2) is 0 Å². The van der Waals surface area contributed by atoms with E-state index < -0.39 is 30.0 Å². The molecule has 190 valence electrons. The molecule has 0 saturated carbocycles. The lowest BCUT2D eigenvalue weighted by Crippen LogP contribution is -2.21. The number of carboxylic acids is 1. The second kappa shape index (κ2) is 10.9. The number of aromatic nitrogens is 2. The topological polar surface area (TPSA) is 95.3 Å². The summed E-state index contributed by atoms with van der Waals surface area (Å²) in [5.41, 5.74) is 0.726. The third-order valence-corrected chi connectivity index (χ3v) is 5.79. The summed E-state index contributed by atoms with van der Waals surface area (Å²) in [5, 5.41) is 21.2. The van der Waals surface area contributed by atoms with Crippen LogP contribution in [0.5, 0.6) is 0 Å². The van der Waals surface area contributed by atoms with Crippen LogP contribution in [0.1, 0.15) is 17.2 Å². The maximum absolute atomic E-state index is 12.9. The number of nitrogens with zero attached hydrogens (tertiary/aromatic N) is 2. The lowest BCUT2D eigenvalue weighted by molar-refractivity contribution is -0.192. The van der Waals surface area contributed by atoms with E-state index in [1.807, 2.05) is 36.4 Å². The van der Waals surface area contributed by atoms with Crippen molar-refractivity contribution < 1.29 is 41.4 Å². The molecule has 1 atom stereocenters. The predicted octanol–water partition coefficient (Wildman–Crippen LogP) is 6.16. The van der Waals surface area contributed by atoms with E-state index >= 15 is 0 Å². The monoisotopic (exact) mass is 529 g/mol. The van der Waals surface area contributed by atoms with Gasteiger partial charge in [0.2, 0.25) is 0 Å². The predicted molar refractivity (Wildman–Crippen MR) is 121 cm³/mol. The third-order valence-electron chi connectivity index (χ3n) is 4.67. The number of aliphatic hydroxyl groups is 1. The molecule has 0 amide bonds. The van der Waals surface area contributed by atoms with Gasteiger partial charge in [0.1, 0.15) is 12.1 Å². The molecule has 2 aromatic heterocycles. The van der Waals surface area contributed by atoms with Crippen LogP contribution in [0.3, 0.4) is 0 Å². The van der Waals surface area contributed by atoms with Crippen molar-refractivity contribution in [2.24, 2.45) is 0 Å². The molecule has 0 unspecified atom stereocenters. The van der Waals surface area contributed by atoms with Crippen molar-refractivity contribution in [3.8, 4) is 10.6 Å². The first-order valence-corrected chi connectivity index (χ1v) is 10.9. The van der Waals surface area contributed by atoms with Crippen molar-refractivity contribution in [3.63, 3.8) is 0 Å². The van der Waals surface area contributed by atoms with Crippen LogP contribution < -0.4 is 5.32 Å². The molecule has 2 aromatic carbocycles. The Morgan fingerprint density at radius 2 is 1.64 bits per heavy atom. The van der Waals surface area contributed by atoms with Crippen LogP contribution >= 0.6 is 11.3 Å². The van der Waals surface area contributed by atoms with Gasteiger partial charge in [0.25, 0.3) is 0 Å². The molecular formula is C23H17F6N3O3S. The molecule has 0 spiro atoms. The average molecular weight is 529 g/mol. The highest BCUT2D eigenvalue weighted by atomic mass is 32.1. The molecule has 0 aliphatic rings. The number of hydrogen-bond acceptors (Lipinski definition) is 6. The summed E-state index contributed by atoms with van der Waals surface area (Å²) < 4.78 is 71.1. The maximum Gasteiger partial charge on any atom is 0.490 e. The SMILES string of the molecule is O=C(O)C(F)(F)F.O[C@@H](CNc1cc(-c2cc3ccc(C(F)(F)F)cc3s2)ncn1)c1ccccc1. The second-order valence-corrected chi connectivity index (χ2v) is 8.34. The molecule has 3 N–H and O–H groups in total.